The Morgan fingerprint density at radius 3 is 3.00 bits per heavy atom. The number of hydrazine groups is 1. The summed E-state index contributed by atoms with van der Waals surface area (Å²) in [7, 11) is 0. The van der Waals surface area contributed by atoms with Crippen LogP contribution in [0.25, 0.3) is 0 Å². The molecule has 0 atom stereocenters. The maximum absolute atomic E-state index is 10.5. The van der Waals surface area contributed by atoms with Gasteiger partial charge in [0.2, 0.25) is 0 Å². The molecule has 3 N–H and O–H groups in total. The number of hydrogen-bond acceptors (Lipinski definition) is 3. The first-order chi connectivity index (χ1) is 5.31. The molecule has 0 saturated carbocycles. The van der Waals surface area contributed by atoms with E-state index in [1.807, 2.05) is 11.5 Å². The lowest BCUT2D eigenvalue weighted by molar-refractivity contribution is -0.125. The van der Waals surface area contributed by atoms with Crippen molar-refractivity contribution in [1.29, 1.82) is 0 Å². The lowest BCUT2D eigenvalue weighted by Crippen LogP contribution is -2.33. The van der Waals surface area contributed by atoms with Crippen LogP contribution in [0.5, 0.6) is 0 Å². The molecule has 0 fully saturated rings. The lowest BCUT2D eigenvalue weighted by Gasteiger charge is -2.00. The van der Waals surface area contributed by atoms with Gasteiger partial charge in [-0.3, -0.25) is 10.2 Å². The number of rotatable bonds is 6. The molecule has 0 aromatic heterocycles. The van der Waals surface area contributed by atoms with Crippen LogP contribution in [0.1, 0.15) is 12.8 Å². The van der Waals surface area contributed by atoms with E-state index in [1.54, 1.807) is 0 Å². The quantitative estimate of drug-likeness (QED) is 0.187. The molecule has 4 heteroatoms. The van der Waals surface area contributed by atoms with Crippen LogP contribution in [-0.4, -0.2) is 19.1 Å². The Bertz CT molecular complexity index is 126. The van der Waals surface area contributed by atoms with Gasteiger partial charge >= 0.3 is 0 Å². The Labute approximate surface area is 66.4 Å². The van der Waals surface area contributed by atoms with Gasteiger partial charge in [0.1, 0.15) is 6.61 Å². The molecule has 0 saturated heterocycles. The summed E-state index contributed by atoms with van der Waals surface area (Å²) in [6.45, 7) is 4.16. The smallest absolute Gasteiger partial charge is 0.259 e. The lowest BCUT2D eigenvalue weighted by atomic mass is 10.3. The van der Waals surface area contributed by atoms with E-state index in [0.29, 0.717) is 6.61 Å². The highest BCUT2D eigenvalue weighted by atomic mass is 16.5. The molecule has 0 unspecified atom stereocenters. The fourth-order valence-corrected chi connectivity index (χ4v) is 0.536. The highest BCUT2D eigenvalue weighted by Crippen LogP contribution is 1.89. The van der Waals surface area contributed by atoms with Crippen LogP contribution in [0.3, 0.4) is 0 Å². The number of carbonyl (C=O) groups excluding carboxylic acids is 1. The number of amides is 1. The van der Waals surface area contributed by atoms with Crippen LogP contribution in [-0.2, 0) is 9.53 Å². The predicted molar refractivity (Wildman–Crippen MR) is 42.6 cm³/mol. The molecule has 0 aromatic rings. The minimum absolute atomic E-state index is 0.0354. The zero-order valence-electron chi connectivity index (χ0n) is 6.51. The minimum atomic E-state index is -0.302. The topological polar surface area (TPSA) is 64.3 Å². The third kappa shape index (κ3) is 7.02. The number of allylic oxidation sites excluding steroid dienone is 1. The molecule has 0 aliphatic rings. The summed E-state index contributed by atoms with van der Waals surface area (Å²) >= 11 is 0. The van der Waals surface area contributed by atoms with E-state index in [4.69, 9.17) is 10.6 Å². The Hall–Kier alpha value is -0.870. The van der Waals surface area contributed by atoms with Crippen molar-refractivity contribution in [2.24, 2.45) is 5.84 Å². The summed E-state index contributed by atoms with van der Waals surface area (Å²) in [6.07, 6.45) is 3.61. The van der Waals surface area contributed by atoms with E-state index in [1.165, 1.54) is 0 Å². The molecular weight excluding hydrogens is 144 g/mol. The van der Waals surface area contributed by atoms with Gasteiger partial charge in [-0.25, -0.2) is 5.84 Å². The van der Waals surface area contributed by atoms with Crippen molar-refractivity contribution in [3.8, 4) is 0 Å². The Balaban J connectivity index is 3.01. The van der Waals surface area contributed by atoms with Crippen LogP contribution < -0.4 is 11.3 Å². The molecule has 4 nitrogen and oxygen atoms in total. The molecule has 0 spiro atoms. The van der Waals surface area contributed by atoms with Gasteiger partial charge < -0.3 is 4.74 Å². The number of nitrogens with two attached hydrogens (primary N) is 1. The SMILES string of the molecule is C=CCCCOCC(=O)NN. The highest BCUT2D eigenvalue weighted by molar-refractivity contribution is 5.76. The summed E-state index contributed by atoms with van der Waals surface area (Å²) < 4.78 is 4.95. The van der Waals surface area contributed by atoms with Crippen molar-refractivity contribution in [2.75, 3.05) is 13.2 Å². The third-order valence-corrected chi connectivity index (χ3v) is 1.09. The van der Waals surface area contributed by atoms with Crippen molar-refractivity contribution in [3.05, 3.63) is 12.7 Å². The normalized spacial score (nSPS) is 9.18. The Morgan fingerprint density at radius 1 is 1.73 bits per heavy atom. The van der Waals surface area contributed by atoms with Gasteiger partial charge in [0.15, 0.2) is 0 Å². The molecule has 11 heavy (non-hydrogen) atoms. The van der Waals surface area contributed by atoms with E-state index < -0.39 is 0 Å². The largest absolute Gasteiger partial charge is 0.372 e. The van der Waals surface area contributed by atoms with Gasteiger partial charge in [0.25, 0.3) is 5.91 Å². The van der Waals surface area contributed by atoms with E-state index >= 15 is 0 Å². The van der Waals surface area contributed by atoms with E-state index in [2.05, 4.69) is 6.58 Å². The van der Waals surface area contributed by atoms with E-state index in [-0.39, 0.29) is 12.5 Å². The molecule has 0 aliphatic carbocycles. The van der Waals surface area contributed by atoms with Crippen molar-refractivity contribution in [1.82, 2.24) is 5.43 Å². The molecular formula is C7H14N2O2. The first kappa shape index (κ1) is 10.1. The molecule has 0 heterocycles. The predicted octanol–water partition coefficient (Wildman–Crippen LogP) is -0.0409. The number of carbonyl (C=O) groups is 1. The second-order valence-electron chi connectivity index (χ2n) is 2.05. The second kappa shape index (κ2) is 7.24. The average Bonchev–Trinajstić information content (AvgIpc) is 2.04. The third-order valence-electron chi connectivity index (χ3n) is 1.09. The molecule has 0 aliphatic heterocycles. The molecule has 64 valence electrons. The van der Waals surface area contributed by atoms with Gasteiger partial charge in [-0.2, -0.15) is 0 Å². The second-order valence-corrected chi connectivity index (χ2v) is 2.05. The summed E-state index contributed by atoms with van der Waals surface area (Å²) in [6, 6.07) is 0. The van der Waals surface area contributed by atoms with Crippen LogP contribution in [0, 0.1) is 0 Å². The maximum atomic E-state index is 10.5. The van der Waals surface area contributed by atoms with E-state index in [9.17, 15) is 4.79 Å². The molecule has 0 radical (unpaired) electrons. The first-order valence-corrected chi connectivity index (χ1v) is 3.49. The Morgan fingerprint density at radius 2 is 2.45 bits per heavy atom. The number of unbranched alkanes of at least 4 members (excludes halogenated alkanes) is 1. The van der Waals surface area contributed by atoms with Crippen molar-refractivity contribution in [3.63, 3.8) is 0 Å². The fourth-order valence-electron chi connectivity index (χ4n) is 0.536. The van der Waals surface area contributed by atoms with Gasteiger partial charge in [0.05, 0.1) is 0 Å². The van der Waals surface area contributed by atoms with Gasteiger partial charge in [-0.15, -0.1) is 6.58 Å². The van der Waals surface area contributed by atoms with Crippen LogP contribution in [0.4, 0.5) is 0 Å². The van der Waals surface area contributed by atoms with Crippen LogP contribution >= 0.6 is 0 Å². The van der Waals surface area contributed by atoms with Crippen molar-refractivity contribution < 1.29 is 9.53 Å². The highest BCUT2D eigenvalue weighted by Gasteiger charge is 1.95. The number of nitrogens with one attached hydrogen (secondary N) is 1. The van der Waals surface area contributed by atoms with Gasteiger partial charge in [-0.05, 0) is 12.8 Å². The van der Waals surface area contributed by atoms with Crippen LogP contribution in [0.2, 0.25) is 0 Å². The van der Waals surface area contributed by atoms with Crippen molar-refractivity contribution >= 4 is 5.91 Å². The van der Waals surface area contributed by atoms with Crippen molar-refractivity contribution in [2.45, 2.75) is 12.8 Å². The monoisotopic (exact) mass is 158 g/mol. The maximum Gasteiger partial charge on any atom is 0.259 e. The molecule has 0 aromatic carbocycles. The molecule has 0 bridgehead atoms. The van der Waals surface area contributed by atoms with E-state index in [0.717, 1.165) is 12.8 Å². The minimum Gasteiger partial charge on any atom is -0.372 e. The summed E-state index contributed by atoms with van der Waals surface area (Å²) in [5, 5.41) is 0. The molecule has 1 amide bonds. The first-order valence-electron chi connectivity index (χ1n) is 3.49. The number of hydrogen-bond donors (Lipinski definition) is 2. The van der Waals surface area contributed by atoms with Gasteiger partial charge in [-0.1, -0.05) is 6.08 Å². The van der Waals surface area contributed by atoms with Gasteiger partial charge in [0, 0.05) is 6.61 Å². The Kier molecular flexibility index (Phi) is 6.67. The summed E-state index contributed by atoms with van der Waals surface area (Å²) in [4.78, 5) is 10.5. The zero-order chi connectivity index (χ0) is 8.53. The average molecular weight is 158 g/mol. The zero-order valence-corrected chi connectivity index (χ0v) is 6.51. The number of ether oxygens (including phenoxy) is 1. The van der Waals surface area contributed by atoms with Crippen LogP contribution in [0.15, 0.2) is 12.7 Å². The summed E-state index contributed by atoms with van der Waals surface area (Å²) in [5.41, 5.74) is 1.97. The summed E-state index contributed by atoms with van der Waals surface area (Å²) in [5.74, 6) is 4.52. The standard InChI is InChI=1S/C7H14N2O2/c1-2-3-4-5-11-6-7(10)9-8/h2H,1,3-6,8H2,(H,9,10). The molecule has 0 rings (SSSR count). The fraction of sp³-hybridized carbons (Fsp3) is 0.571.